The third-order valence-corrected chi connectivity index (χ3v) is 6.63. The lowest BCUT2D eigenvalue weighted by Gasteiger charge is -2.19. The van der Waals surface area contributed by atoms with Crippen LogP contribution in [-0.2, 0) is 0 Å². The van der Waals surface area contributed by atoms with E-state index in [2.05, 4.69) is 0 Å². The van der Waals surface area contributed by atoms with Crippen LogP contribution < -0.4 is 9.47 Å². The molecule has 0 fully saturated rings. The second-order valence-corrected chi connectivity index (χ2v) is 8.78. The van der Waals surface area contributed by atoms with Crippen LogP contribution in [0.1, 0.15) is 38.7 Å². The molecule has 3 aromatic rings. The molecule has 0 aliphatic carbocycles. The zero-order valence-electron chi connectivity index (χ0n) is 17.6. The van der Waals surface area contributed by atoms with Gasteiger partial charge >= 0.3 is 0 Å². The number of halogens is 1. The van der Waals surface area contributed by atoms with E-state index in [0.29, 0.717) is 11.4 Å². The van der Waals surface area contributed by atoms with E-state index in [9.17, 15) is 4.79 Å². The Morgan fingerprint density at radius 1 is 0.933 bits per heavy atom. The first-order chi connectivity index (χ1) is 14.4. The Bertz CT molecular complexity index is 1030. The molecule has 0 saturated heterocycles. The van der Waals surface area contributed by atoms with Gasteiger partial charge in [0.1, 0.15) is 11.5 Å². The highest BCUT2D eigenvalue weighted by molar-refractivity contribution is 7.99. The molecule has 3 nitrogen and oxygen atoms in total. The molecule has 0 amide bonds. The highest BCUT2D eigenvalue weighted by atomic mass is 35.5. The largest absolute Gasteiger partial charge is 0.497 e. The van der Waals surface area contributed by atoms with Crippen LogP contribution in [0.4, 0.5) is 0 Å². The van der Waals surface area contributed by atoms with Crippen molar-refractivity contribution in [2.24, 2.45) is 0 Å². The third-order valence-electron chi connectivity index (χ3n) is 5.08. The maximum Gasteiger partial charge on any atom is 0.164 e. The number of aryl methyl sites for hydroxylation is 2. The van der Waals surface area contributed by atoms with Gasteiger partial charge in [-0.15, -0.1) is 11.8 Å². The first-order valence-corrected chi connectivity index (χ1v) is 10.9. The van der Waals surface area contributed by atoms with Gasteiger partial charge in [0, 0.05) is 22.3 Å². The molecule has 0 spiro atoms. The molecule has 0 bridgehead atoms. The summed E-state index contributed by atoms with van der Waals surface area (Å²) >= 11 is 7.68. The molecule has 5 heteroatoms. The molecule has 0 aliphatic rings. The number of ether oxygens (including phenoxy) is 2. The Kier molecular flexibility index (Phi) is 7.46. The number of methoxy groups -OCH3 is 2. The molecule has 0 heterocycles. The standard InChI is InChI=1S/C25H25ClO3S/c1-16-5-6-19(13-17(16)2)22(27)15-24(18-7-9-20(26)10-8-18)30-25-14-21(28-3)11-12-23(25)29-4/h5-14,24H,15H2,1-4H3. The van der Waals surface area contributed by atoms with E-state index in [1.54, 1.807) is 26.0 Å². The first-order valence-electron chi connectivity index (χ1n) is 9.66. The predicted molar refractivity (Wildman–Crippen MR) is 124 cm³/mol. The minimum absolute atomic E-state index is 0.0996. The number of hydrogen-bond donors (Lipinski definition) is 0. The monoisotopic (exact) mass is 440 g/mol. The summed E-state index contributed by atoms with van der Waals surface area (Å²) in [6.07, 6.45) is 0.356. The number of Topliss-reactive ketones (excluding diaryl/α,β-unsaturated/α-hetero) is 1. The minimum Gasteiger partial charge on any atom is -0.497 e. The number of benzene rings is 3. The zero-order valence-corrected chi connectivity index (χ0v) is 19.1. The number of carbonyl (C=O) groups is 1. The Labute approximate surface area is 187 Å². The van der Waals surface area contributed by atoms with Crippen LogP contribution in [0.15, 0.2) is 65.6 Å². The average molecular weight is 441 g/mol. The lowest BCUT2D eigenvalue weighted by atomic mass is 9.99. The maximum absolute atomic E-state index is 13.1. The second kappa shape index (κ2) is 10.1. The van der Waals surface area contributed by atoms with Gasteiger partial charge in [-0.25, -0.2) is 0 Å². The van der Waals surface area contributed by atoms with Crippen molar-refractivity contribution in [2.45, 2.75) is 30.4 Å². The SMILES string of the molecule is COc1ccc(OC)c(SC(CC(=O)c2ccc(C)c(C)c2)c2ccc(Cl)cc2)c1. The molecule has 30 heavy (non-hydrogen) atoms. The number of thioether (sulfide) groups is 1. The van der Waals surface area contributed by atoms with Crippen molar-refractivity contribution in [3.05, 3.63) is 87.9 Å². The van der Waals surface area contributed by atoms with Gasteiger partial charge in [0.15, 0.2) is 5.78 Å². The van der Waals surface area contributed by atoms with Crippen LogP contribution in [-0.4, -0.2) is 20.0 Å². The molecule has 0 N–H and O–H groups in total. The van der Waals surface area contributed by atoms with E-state index in [4.69, 9.17) is 21.1 Å². The Morgan fingerprint density at radius 3 is 2.30 bits per heavy atom. The van der Waals surface area contributed by atoms with E-state index < -0.39 is 0 Å². The van der Waals surface area contributed by atoms with Crippen molar-refractivity contribution < 1.29 is 14.3 Å². The van der Waals surface area contributed by atoms with E-state index >= 15 is 0 Å². The van der Waals surface area contributed by atoms with Gasteiger partial charge in [-0.1, -0.05) is 35.9 Å². The van der Waals surface area contributed by atoms with Crippen molar-refractivity contribution in [3.63, 3.8) is 0 Å². The van der Waals surface area contributed by atoms with Gasteiger partial charge in [-0.3, -0.25) is 4.79 Å². The molecule has 0 saturated carbocycles. The Morgan fingerprint density at radius 2 is 1.67 bits per heavy atom. The van der Waals surface area contributed by atoms with Gasteiger partial charge in [0.25, 0.3) is 0 Å². The molecule has 3 aromatic carbocycles. The van der Waals surface area contributed by atoms with Crippen LogP contribution in [0.25, 0.3) is 0 Å². The topological polar surface area (TPSA) is 35.5 Å². The van der Waals surface area contributed by atoms with Crippen molar-refractivity contribution >= 4 is 29.1 Å². The van der Waals surface area contributed by atoms with E-state index in [1.807, 2.05) is 74.5 Å². The van der Waals surface area contributed by atoms with Crippen LogP contribution in [0.5, 0.6) is 11.5 Å². The van der Waals surface area contributed by atoms with Gasteiger partial charge in [0.2, 0.25) is 0 Å². The summed E-state index contributed by atoms with van der Waals surface area (Å²) in [7, 11) is 3.28. The molecule has 1 unspecified atom stereocenters. The molecule has 0 radical (unpaired) electrons. The van der Waals surface area contributed by atoms with Gasteiger partial charge in [-0.2, -0.15) is 0 Å². The highest BCUT2D eigenvalue weighted by Gasteiger charge is 2.21. The fraction of sp³-hybridized carbons (Fsp3) is 0.240. The second-order valence-electron chi connectivity index (χ2n) is 7.10. The van der Waals surface area contributed by atoms with Crippen LogP contribution in [0.2, 0.25) is 5.02 Å². The van der Waals surface area contributed by atoms with Crippen LogP contribution >= 0.6 is 23.4 Å². The normalized spacial score (nSPS) is 11.8. The summed E-state index contributed by atoms with van der Waals surface area (Å²) < 4.78 is 10.9. The van der Waals surface area contributed by atoms with Gasteiger partial charge in [-0.05, 0) is 66.9 Å². The highest BCUT2D eigenvalue weighted by Crippen LogP contribution is 2.44. The molecule has 1 atom stereocenters. The lowest BCUT2D eigenvalue weighted by Crippen LogP contribution is -2.06. The molecular formula is C25H25ClO3S. The first kappa shape index (κ1) is 22.3. The molecular weight excluding hydrogens is 416 g/mol. The molecule has 0 aliphatic heterocycles. The van der Waals surface area contributed by atoms with E-state index in [0.717, 1.165) is 33.1 Å². The maximum atomic E-state index is 13.1. The van der Waals surface area contributed by atoms with Crippen LogP contribution in [0.3, 0.4) is 0 Å². The van der Waals surface area contributed by atoms with Gasteiger partial charge < -0.3 is 9.47 Å². The van der Waals surface area contributed by atoms with Crippen molar-refractivity contribution in [1.29, 1.82) is 0 Å². The number of ketones is 1. The molecule has 156 valence electrons. The van der Waals surface area contributed by atoms with Crippen molar-refractivity contribution in [2.75, 3.05) is 14.2 Å². The smallest absolute Gasteiger partial charge is 0.164 e. The molecule has 0 aromatic heterocycles. The fourth-order valence-electron chi connectivity index (χ4n) is 3.14. The summed E-state index contributed by atoms with van der Waals surface area (Å²) in [5.74, 6) is 1.60. The van der Waals surface area contributed by atoms with Crippen molar-refractivity contribution in [1.82, 2.24) is 0 Å². The number of rotatable bonds is 8. The number of carbonyl (C=O) groups excluding carboxylic acids is 1. The lowest BCUT2D eigenvalue weighted by molar-refractivity contribution is 0.0982. The van der Waals surface area contributed by atoms with Crippen molar-refractivity contribution in [3.8, 4) is 11.5 Å². The third kappa shape index (κ3) is 5.38. The van der Waals surface area contributed by atoms with Gasteiger partial charge in [0.05, 0.1) is 19.1 Å². The number of hydrogen-bond acceptors (Lipinski definition) is 4. The minimum atomic E-state index is -0.0996. The average Bonchev–Trinajstić information content (AvgIpc) is 2.75. The summed E-state index contributed by atoms with van der Waals surface area (Å²) in [6, 6.07) is 19.2. The summed E-state index contributed by atoms with van der Waals surface area (Å²) in [5, 5.41) is 0.569. The summed E-state index contributed by atoms with van der Waals surface area (Å²) in [5.41, 5.74) is 4.06. The quantitative estimate of drug-likeness (QED) is 0.277. The zero-order chi connectivity index (χ0) is 21.7. The fourth-order valence-corrected chi connectivity index (χ4v) is 4.55. The van der Waals surface area contributed by atoms with E-state index in [-0.39, 0.29) is 11.0 Å². The Hall–Kier alpha value is -2.43. The Balaban J connectivity index is 1.94. The summed E-state index contributed by atoms with van der Waals surface area (Å²) in [4.78, 5) is 14.1. The summed E-state index contributed by atoms with van der Waals surface area (Å²) in [6.45, 7) is 4.07. The van der Waals surface area contributed by atoms with E-state index in [1.165, 1.54) is 5.56 Å². The molecule has 3 rings (SSSR count). The predicted octanol–water partition coefficient (Wildman–Crippen LogP) is 7.08. The van der Waals surface area contributed by atoms with Crippen LogP contribution in [0, 0.1) is 13.8 Å².